The highest BCUT2D eigenvalue weighted by atomic mass is 15.1. The third-order valence-electron chi connectivity index (χ3n) is 6.16. The predicted molar refractivity (Wildman–Crippen MR) is 139 cm³/mol. The maximum Gasteiger partial charge on any atom is 0.0890 e. The summed E-state index contributed by atoms with van der Waals surface area (Å²) < 4.78 is 0. The molecule has 1 aromatic carbocycles. The first-order chi connectivity index (χ1) is 16.4. The van der Waals surface area contributed by atoms with Crippen LogP contribution in [-0.2, 0) is 6.42 Å². The number of H-pyrrole nitrogens is 1. The summed E-state index contributed by atoms with van der Waals surface area (Å²) in [6.07, 6.45) is 1.51. The summed E-state index contributed by atoms with van der Waals surface area (Å²) in [5, 5.41) is 15.7. The van der Waals surface area contributed by atoms with Crippen LogP contribution in [0.3, 0.4) is 0 Å². The Morgan fingerprint density at radius 2 is 1.50 bits per heavy atom. The fraction of sp³-hybridized carbons (Fsp3) is 0.214. The van der Waals surface area contributed by atoms with Gasteiger partial charge in [0.05, 0.1) is 39.9 Å². The smallest absolute Gasteiger partial charge is 0.0890 e. The Hall–Kier alpha value is -4.06. The fourth-order valence-electron chi connectivity index (χ4n) is 4.04. The topological polar surface area (TPSA) is 104 Å². The second-order valence-corrected chi connectivity index (χ2v) is 8.26. The highest BCUT2D eigenvalue weighted by Gasteiger charge is 2.15. The lowest BCUT2D eigenvalue weighted by Gasteiger charge is -2.12. The molecule has 0 amide bonds. The van der Waals surface area contributed by atoms with E-state index in [1.165, 1.54) is 0 Å². The monoisotopic (exact) mass is 450 g/mol. The number of hydrogen-bond donors (Lipinski definition) is 3. The number of nitrogens with one attached hydrogen (secondary N) is 2. The first kappa shape index (κ1) is 23.1. The molecule has 0 saturated carbocycles. The minimum Gasteiger partial charge on any atom is -0.397 e. The summed E-state index contributed by atoms with van der Waals surface area (Å²) in [6, 6.07) is 20.0. The minimum atomic E-state index is 0.520. The van der Waals surface area contributed by atoms with Crippen LogP contribution in [0.15, 0.2) is 66.2 Å². The van der Waals surface area contributed by atoms with E-state index in [-0.39, 0.29) is 0 Å². The van der Waals surface area contributed by atoms with E-state index < -0.39 is 0 Å². The lowest BCUT2D eigenvalue weighted by molar-refractivity contribution is 0.969. The molecule has 0 saturated heterocycles. The van der Waals surface area contributed by atoms with Gasteiger partial charge in [0.2, 0.25) is 0 Å². The van der Waals surface area contributed by atoms with Crippen LogP contribution in [-0.4, -0.2) is 25.9 Å². The van der Waals surface area contributed by atoms with Gasteiger partial charge in [0.25, 0.3) is 0 Å². The second kappa shape index (κ2) is 9.83. The largest absolute Gasteiger partial charge is 0.397 e. The molecular formula is C28H30N6. The Labute approximate surface area is 200 Å². The number of aryl methyl sites for hydroxylation is 1. The molecule has 0 aliphatic carbocycles. The van der Waals surface area contributed by atoms with Gasteiger partial charge in [-0.25, -0.2) is 9.97 Å². The molecular weight excluding hydrogens is 420 g/mol. The molecule has 0 aliphatic rings. The van der Waals surface area contributed by atoms with E-state index in [1.54, 1.807) is 0 Å². The van der Waals surface area contributed by atoms with Crippen LogP contribution >= 0.6 is 0 Å². The summed E-state index contributed by atoms with van der Waals surface area (Å²) in [6.45, 7) is 8.00. The Bertz CT molecular complexity index is 1380. The van der Waals surface area contributed by atoms with Crippen molar-refractivity contribution in [3.63, 3.8) is 0 Å². The van der Waals surface area contributed by atoms with Gasteiger partial charge < -0.3 is 11.1 Å². The molecule has 0 fully saturated rings. The van der Waals surface area contributed by atoms with E-state index in [0.29, 0.717) is 23.5 Å². The van der Waals surface area contributed by atoms with Crippen LogP contribution in [0.4, 0.5) is 0 Å². The minimum absolute atomic E-state index is 0.520. The SMILES string of the molecule is CCC(=N)/C(C)=C(\N)c1cccc(-c2ccccc2-c2cccc(-c3[nH]nc(CC)c3C)n2)n1. The lowest BCUT2D eigenvalue weighted by atomic mass is 9.99. The average molecular weight is 451 g/mol. The van der Waals surface area contributed by atoms with Crippen molar-refractivity contribution >= 4 is 11.4 Å². The molecule has 0 aliphatic heterocycles. The maximum absolute atomic E-state index is 8.13. The zero-order valence-corrected chi connectivity index (χ0v) is 20.1. The highest BCUT2D eigenvalue weighted by molar-refractivity contribution is 6.03. The normalized spacial score (nSPS) is 11.9. The number of pyridine rings is 2. The van der Waals surface area contributed by atoms with Crippen molar-refractivity contribution in [3.05, 3.63) is 83.2 Å². The van der Waals surface area contributed by atoms with Crippen molar-refractivity contribution in [2.24, 2.45) is 5.73 Å². The number of nitrogens with zero attached hydrogens (tertiary/aromatic N) is 3. The summed E-state index contributed by atoms with van der Waals surface area (Å²) >= 11 is 0. The second-order valence-electron chi connectivity index (χ2n) is 8.26. The first-order valence-electron chi connectivity index (χ1n) is 11.6. The van der Waals surface area contributed by atoms with Crippen LogP contribution in [0.5, 0.6) is 0 Å². The van der Waals surface area contributed by atoms with Crippen LogP contribution in [0.25, 0.3) is 39.6 Å². The van der Waals surface area contributed by atoms with Crippen LogP contribution in [0.1, 0.15) is 44.1 Å². The van der Waals surface area contributed by atoms with Crippen molar-refractivity contribution < 1.29 is 0 Å². The molecule has 4 N–H and O–H groups in total. The highest BCUT2D eigenvalue weighted by Crippen LogP contribution is 2.32. The third kappa shape index (κ3) is 4.39. The van der Waals surface area contributed by atoms with Crippen LogP contribution in [0.2, 0.25) is 0 Å². The molecule has 4 aromatic rings. The van der Waals surface area contributed by atoms with E-state index in [0.717, 1.165) is 57.2 Å². The van der Waals surface area contributed by atoms with E-state index in [2.05, 4.69) is 30.1 Å². The zero-order valence-electron chi connectivity index (χ0n) is 20.1. The molecule has 4 rings (SSSR count). The number of hydrogen-bond acceptors (Lipinski definition) is 5. The number of nitrogens with two attached hydrogens (primary N) is 1. The fourth-order valence-corrected chi connectivity index (χ4v) is 4.04. The number of rotatable bonds is 7. The van der Waals surface area contributed by atoms with Gasteiger partial charge in [-0.2, -0.15) is 5.10 Å². The van der Waals surface area contributed by atoms with Crippen molar-refractivity contribution in [2.45, 2.75) is 40.5 Å². The quantitative estimate of drug-likeness (QED) is 0.292. The number of aromatic nitrogens is 4. The molecule has 34 heavy (non-hydrogen) atoms. The van der Waals surface area contributed by atoms with Gasteiger partial charge in [-0.15, -0.1) is 0 Å². The van der Waals surface area contributed by atoms with Crippen LogP contribution < -0.4 is 5.73 Å². The molecule has 3 heterocycles. The Morgan fingerprint density at radius 1 is 0.882 bits per heavy atom. The molecule has 0 atom stereocenters. The molecule has 3 aromatic heterocycles. The predicted octanol–water partition coefficient (Wildman–Crippen LogP) is 6.19. The average Bonchev–Trinajstić information content (AvgIpc) is 3.27. The van der Waals surface area contributed by atoms with Gasteiger partial charge in [0.15, 0.2) is 0 Å². The number of benzene rings is 1. The number of aromatic amines is 1. The Kier molecular flexibility index (Phi) is 6.68. The molecule has 0 bridgehead atoms. The summed E-state index contributed by atoms with van der Waals surface area (Å²) in [5.74, 6) is 0. The van der Waals surface area contributed by atoms with Crippen LogP contribution in [0, 0.1) is 12.3 Å². The summed E-state index contributed by atoms with van der Waals surface area (Å²) in [4.78, 5) is 9.82. The molecule has 6 nitrogen and oxygen atoms in total. The van der Waals surface area contributed by atoms with Crippen molar-refractivity contribution in [1.29, 1.82) is 5.41 Å². The summed E-state index contributed by atoms with van der Waals surface area (Å²) in [5.41, 5.74) is 16.5. The van der Waals surface area contributed by atoms with Gasteiger partial charge in [-0.1, -0.05) is 50.2 Å². The van der Waals surface area contributed by atoms with Gasteiger partial charge in [0, 0.05) is 16.8 Å². The van der Waals surface area contributed by atoms with Gasteiger partial charge in [-0.3, -0.25) is 5.10 Å². The van der Waals surface area contributed by atoms with Crippen molar-refractivity contribution in [3.8, 4) is 33.9 Å². The van der Waals surface area contributed by atoms with Gasteiger partial charge in [-0.05, 0) is 62.1 Å². The standard InChI is InChI=1S/C28H30N6/c1-5-21(29)17(3)27(30)25-15-9-13-23(31-25)19-11-7-8-12-20(19)24-14-10-16-26(32-24)28-18(4)22(6-2)33-34-28/h7-16,29H,5-6,30H2,1-4H3,(H,33,34)/b27-17-,29-21?. The van der Waals surface area contributed by atoms with Gasteiger partial charge in [0.1, 0.15) is 0 Å². The molecule has 0 radical (unpaired) electrons. The van der Waals surface area contributed by atoms with E-state index >= 15 is 0 Å². The zero-order chi connectivity index (χ0) is 24.2. The van der Waals surface area contributed by atoms with Crippen molar-refractivity contribution in [2.75, 3.05) is 0 Å². The molecule has 0 spiro atoms. The lowest BCUT2D eigenvalue weighted by Crippen LogP contribution is -2.08. The molecule has 0 unspecified atom stereocenters. The molecule has 6 heteroatoms. The van der Waals surface area contributed by atoms with Gasteiger partial charge >= 0.3 is 0 Å². The molecule has 172 valence electrons. The Balaban J connectivity index is 1.79. The third-order valence-corrected chi connectivity index (χ3v) is 6.16. The first-order valence-corrected chi connectivity index (χ1v) is 11.6. The Morgan fingerprint density at radius 3 is 2.12 bits per heavy atom. The van der Waals surface area contributed by atoms with E-state index in [4.69, 9.17) is 21.1 Å². The van der Waals surface area contributed by atoms with E-state index in [1.807, 2.05) is 68.4 Å². The van der Waals surface area contributed by atoms with Crippen molar-refractivity contribution in [1.82, 2.24) is 20.2 Å². The maximum atomic E-state index is 8.13. The van der Waals surface area contributed by atoms with E-state index in [9.17, 15) is 0 Å². The summed E-state index contributed by atoms with van der Waals surface area (Å²) in [7, 11) is 0. The number of allylic oxidation sites excluding steroid dienone is 1.